The smallest absolute Gasteiger partial charge is 0.307 e. The Labute approximate surface area is 158 Å². The second-order valence-corrected chi connectivity index (χ2v) is 5.98. The van der Waals surface area contributed by atoms with E-state index in [9.17, 15) is 29.8 Å². The number of carbonyl (C=O) groups is 2. The van der Waals surface area contributed by atoms with Crippen molar-refractivity contribution in [3.8, 4) is 0 Å². The molecule has 0 unspecified atom stereocenters. The fraction of sp³-hybridized carbons (Fsp3) is 0.294. The van der Waals surface area contributed by atoms with E-state index >= 15 is 0 Å². The lowest BCUT2D eigenvalue weighted by Crippen LogP contribution is -2.28. The van der Waals surface area contributed by atoms with Gasteiger partial charge in [-0.15, -0.1) is 0 Å². The van der Waals surface area contributed by atoms with Crippen LogP contribution in [0.15, 0.2) is 41.1 Å². The molecule has 0 amide bonds. The van der Waals surface area contributed by atoms with Crippen molar-refractivity contribution in [1.29, 1.82) is 0 Å². The number of nitrogens with zero attached hydrogens (tertiary/aromatic N) is 2. The number of allylic oxidation sites excluding steroid dienone is 2. The number of hydrogen-bond donors (Lipinski definition) is 1. The van der Waals surface area contributed by atoms with Crippen molar-refractivity contribution in [3.63, 3.8) is 0 Å². The molecule has 0 aromatic heterocycles. The summed E-state index contributed by atoms with van der Waals surface area (Å²) in [4.78, 5) is 44.2. The number of esters is 2. The van der Waals surface area contributed by atoms with E-state index < -0.39 is 39.1 Å². The second kappa shape index (κ2) is 7.86. The fourth-order valence-corrected chi connectivity index (χ4v) is 2.87. The highest BCUT2D eigenvalue weighted by molar-refractivity contribution is 5.70. The molecular weight excluding hydrogens is 374 g/mol. The summed E-state index contributed by atoms with van der Waals surface area (Å²) < 4.78 is 10.5. The van der Waals surface area contributed by atoms with Crippen LogP contribution in [0, 0.1) is 20.2 Å². The quantitative estimate of drug-likeness (QED) is 0.454. The number of non-ortho nitro benzene ring substituents is 1. The monoisotopic (exact) mass is 391 g/mol. The maximum Gasteiger partial charge on any atom is 0.307 e. The number of nitro benzene ring substituents is 2. The molecule has 28 heavy (non-hydrogen) atoms. The number of nitro groups is 2. The zero-order valence-electron chi connectivity index (χ0n) is 15.5. The van der Waals surface area contributed by atoms with Gasteiger partial charge in [0.15, 0.2) is 0 Å². The molecule has 11 nitrogen and oxygen atoms in total. The van der Waals surface area contributed by atoms with E-state index in [1.165, 1.54) is 6.07 Å². The van der Waals surface area contributed by atoms with Crippen LogP contribution >= 0.6 is 0 Å². The highest BCUT2D eigenvalue weighted by Crippen LogP contribution is 2.43. The Morgan fingerprint density at radius 3 is 1.86 bits per heavy atom. The summed E-state index contributed by atoms with van der Waals surface area (Å²) in [5.41, 5.74) is -0.323. The van der Waals surface area contributed by atoms with Crippen molar-refractivity contribution < 1.29 is 28.9 Å². The van der Waals surface area contributed by atoms with Gasteiger partial charge in [0.05, 0.1) is 27.3 Å². The van der Waals surface area contributed by atoms with Gasteiger partial charge in [0.2, 0.25) is 0 Å². The van der Waals surface area contributed by atoms with Gasteiger partial charge in [-0.05, 0) is 19.9 Å². The Bertz CT molecular complexity index is 910. The molecule has 1 aliphatic rings. The average molecular weight is 391 g/mol. The molecule has 0 bridgehead atoms. The Kier molecular flexibility index (Phi) is 5.77. The first kappa shape index (κ1) is 20.6. The van der Waals surface area contributed by atoms with E-state index in [-0.39, 0.29) is 17.1 Å². The van der Waals surface area contributed by atoms with Crippen molar-refractivity contribution >= 4 is 23.3 Å². The van der Waals surface area contributed by atoms with Gasteiger partial charge < -0.3 is 14.8 Å². The van der Waals surface area contributed by atoms with Crippen LogP contribution in [0.25, 0.3) is 0 Å². The first-order chi connectivity index (χ1) is 13.0. The van der Waals surface area contributed by atoms with Crippen LogP contribution in [0.2, 0.25) is 0 Å². The summed E-state index contributed by atoms with van der Waals surface area (Å²) in [5.74, 6) is -2.52. The van der Waals surface area contributed by atoms with Crippen LogP contribution < -0.4 is 5.32 Å². The Morgan fingerprint density at radius 1 is 0.964 bits per heavy atom. The molecule has 2 rings (SSSR count). The van der Waals surface area contributed by atoms with Crippen LogP contribution in [-0.4, -0.2) is 21.8 Å². The third-order valence-corrected chi connectivity index (χ3v) is 3.88. The molecule has 1 heterocycles. The summed E-state index contributed by atoms with van der Waals surface area (Å²) in [7, 11) is 0. The number of rotatable bonds is 5. The van der Waals surface area contributed by atoms with E-state index in [1.807, 2.05) is 0 Å². The lowest BCUT2D eigenvalue weighted by molar-refractivity contribution is -0.394. The molecule has 0 saturated heterocycles. The predicted molar refractivity (Wildman–Crippen MR) is 94.6 cm³/mol. The lowest BCUT2D eigenvalue weighted by atomic mass is 9.89. The van der Waals surface area contributed by atoms with Crippen molar-refractivity contribution in [2.45, 2.75) is 33.6 Å². The predicted octanol–water partition coefficient (Wildman–Crippen LogP) is 2.78. The van der Waals surface area contributed by atoms with Crippen LogP contribution in [0.5, 0.6) is 0 Å². The number of carbonyl (C=O) groups excluding carboxylic acids is 2. The normalized spacial score (nSPS) is 14.4. The van der Waals surface area contributed by atoms with Crippen molar-refractivity contribution in [3.05, 3.63) is 66.9 Å². The van der Waals surface area contributed by atoms with Crippen molar-refractivity contribution in [2.75, 3.05) is 0 Å². The zero-order valence-corrected chi connectivity index (χ0v) is 15.5. The summed E-state index contributed by atoms with van der Waals surface area (Å²) >= 11 is 0. The fourth-order valence-electron chi connectivity index (χ4n) is 2.87. The highest BCUT2D eigenvalue weighted by Gasteiger charge is 2.38. The topological polar surface area (TPSA) is 151 Å². The van der Waals surface area contributed by atoms with Gasteiger partial charge in [0.1, 0.15) is 17.4 Å². The first-order valence-corrected chi connectivity index (χ1v) is 8.01. The zero-order chi connectivity index (χ0) is 21.2. The van der Waals surface area contributed by atoms with Crippen LogP contribution in [0.3, 0.4) is 0 Å². The molecule has 0 aliphatic carbocycles. The van der Waals surface area contributed by atoms with Crippen molar-refractivity contribution in [2.24, 2.45) is 0 Å². The SMILES string of the molecule is CC(=O)OC1=C(C)NC(C)=C(OC(C)=O)C1c1ccc([N+](=O)[O-])cc1[N+](=O)[O-]. The number of dihydropyridines is 1. The maximum absolute atomic E-state index is 11.6. The van der Waals surface area contributed by atoms with Crippen molar-refractivity contribution in [1.82, 2.24) is 5.32 Å². The van der Waals surface area contributed by atoms with Gasteiger partial charge in [0.25, 0.3) is 11.4 Å². The van der Waals surface area contributed by atoms with E-state index in [2.05, 4.69) is 5.32 Å². The standard InChI is InChI=1S/C17H17N3O8/c1-8-16(27-10(3)21)15(17(9(2)18-8)28-11(4)22)13-6-5-12(19(23)24)7-14(13)20(25)26/h5-7,15,18H,1-4H3. The second-order valence-electron chi connectivity index (χ2n) is 5.98. The van der Waals surface area contributed by atoms with Crippen LogP contribution in [0.1, 0.15) is 39.2 Å². The van der Waals surface area contributed by atoms with E-state index in [0.29, 0.717) is 11.4 Å². The van der Waals surface area contributed by atoms with E-state index in [1.54, 1.807) is 13.8 Å². The Balaban J connectivity index is 2.78. The summed E-state index contributed by atoms with van der Waals surface area (Å²) in [6.07, 6.45) is 0. The number of ether oxygens (including phenoxy) is 2. The third kappa shape index (κ3) is 4.14. The number of hydrogen-bond acceptors (Lipinski definition) is 9. The van der Waals surface area contributed by atoms with Gasteiger partial charge >= 0.3 is 11.9 Å². The number of benzene rings is 1. The molecule has 11 heteroatoms. The molecule has 1 N–H and O–H groups in total. The largest absolute Gasteiger partial charge is 0.428 e. The molecular formula is C17H17N3O8. The van der Waals surface area contributed by atoms with Gasteiger partial charge in [-0.1, -0.05) is 0 Å². The van der Waals surface area contributed by atoms with Crippen LogP contribution in [0.4, 0.5) is 11.4 Å². The Morgan fingerprint density at radius 2 is 1.46 bits per heavy atom. The molecule has 0 fully saturated rings. The maximum atomic E-state index is 11.6. The summed E-state index contributed by atoms with van der Waals surface area (Å²) in [5, 5.41) is 25.5. The van der Waals surface area contributed by atoms with Gasteiger partial charge in [-0.25, -0.2) is 0 Å². The lowest BCUT2D eigenvalue weighted by Gasteiger charge is -2.30. The minimum atomic E-state index is -1.13. The molecule has 0 saturated carbocycles. The summed E-state index contributed by atoms with van der Waals surface area (Å²) in [6, 6.07) is 3.07. The average Bonchev–Trinajstić information content (AvgIpc) is 2.58. The molecule has 1 aromatic rings. The molecule has 0 atom stereocenters. The molecule has 0 spiro atoms. The molecule has 1 aromatic carbocycles. The Hall–Kier alpha value is -3.76. The molecule has 1 aliphatic heterocycles. The minimum absolute atomic E-state index is 0.00805. The first-order valence-electron chi connectivity index (χ1n) is 8.01. The van der Waals surface area contributed by atoms with Gasteiger partial charge in [-0.3, -0.25) is 29.8 Å². The molecule has 0 radical (unpaired) electrons. The van der Waals surface area contributed by atoms with E-state index in [4.69, 9.17) is 9.47 Å². The minimum Gasteiger partial charge on any atom is -0.428 e. The third-order valence-electron chi connectivity index (χ3n) is 3.88. The summed E-state index contributed by atoms with van der Waals surface area (Å²) in [6.45, 7) is 5.46. The van der Waals surface area contributed by atoms with Gasteiger partial charge in [-0.2, -0.15) is 0 Å². The highest BCUT2D eigenvalue weighted by atomic mass is 16.6. The van der Waals surface area contributed by atoms with E-state index in [0.717, 1.165) is 26.0 Å². The number of nitrogens with one attached hydrogen (secondary N) is 1. The van der Waals surface area contributed by atoms with Crippen LogP contribution in [-0.2, 0) is 19.1 Å². The van der Waals surface area contributed by atoms with Gasteiger partial charge in [0, 0.05) is 25.5 Å². The molecule has 148 valence electrons.